The van der Waals surface area contributed by atoms with E-state index in [0.29, 0.717) is 25.3 Å². The van der Waals surface area contributed by atoms with Gasteiger partial charge in [-0.05, 0) is 29.9 Å². The van der Waals surface area contributed by atoms with Gasteiger partial charge in [0.25, 0.3) is 0 Å². The van der Waals surface area contributed by atoms with Gasteiger partial charge in [-0.15, -0.1) is 0 Å². The largest absolute Gasteiger partial charge is 0.439 e. The molecule has 1 saturated heterocycles. The molecule has 1 amide bonds. The van der Waals surface area contributed by atoms with E-state index in [-0.39, 0.29) is 24.0 Å². The van der Waals surface area contributed by atoms with Crippen molar-refractivity contribution in [2.75, 3.05) is 6.54 Å². The van der Waals surface area contributed by atoms with Crippen molar-refractivity contribution >= 4 is 11.9 Å². The number of hydrogen-bond donors (Lipinski definition) is 0. The Morgan fingerprint density at radius 1 is 1.22 bits per heavy atom. The third kappa shape index (κ3) is 3.16. The molecule has 1 aliphatic heterocycles. The Bertz CT molecular complexity index is 633. The molecule has 0 aromatic heterocycles. The Labute approximate surface area is 137 Å². The fraction of sp³-hybridized carbons (Fsp3) is 0.474. The molecule has 3 rings (SSSR count). The molecule has 2 aliphatic rings. The molecular formula is C19H23NO3. The summed E-state index contributed by atoms with van der Waals surface area (Å²) in [6.07, 6.45) is 1.16. The topological polar surface area (TPSA) is 46.6 Å². The monoisotopic (exact) mass is 313 g/mol. The Morgan fingerprint density at radius 2 is 1.91 bits per heavy atom. The molecule has 1 aromatic carbocycles. The summed E-state index contributed by atoms with van der Waals surface area (Å²) in [5.41, 5.74) is 3.20. The van der Waals surface area contributed by atoms with E-state index in [1.807, 2.05) is 12.1 Å². The van der Waals surface area contributed by atoms with Crippen LogP contribution in [0.5, 0.6) is 0 Å². The maximum absolute atomic E-state index is 12.2. The summed E-state index contributed by atoms with van der Waals surface area (Å²) in [6.45, 7) is 8.62. The van der Waals surface area contributed by atoms with Crippen molar-refractivity contribution in [3.63, 3.8) is 0 Å². The van der Waals surface area contributed by atoms with Crippen molar-refractivity contribution in [2.24, 2.45) is 0 Å². The summed E-state index contributed by atoms with van der Waals surface area (Å²) in [5, 5.41) is 0. The van der Waals surface area contributed by atoms with E-state index in [9.17, 15) is 9.59 Å². The van der Waals surface area contributed by atoms with Crippen LogP contribution in [-0.4, -0.2) is 29.4 Å². The van der Waals surface area contributed by atoms with Gasteiger partial charge in [0.05, 0.1) is 12.6 Å². The molecule has 2 fully saturated rings. The van der Waals surface area contributed by atoms with Crippen LogP contribution in [0.3, 0.4) is 0 Å². The summed E-state index contributed by atoms with van der Waals surface area (Å²) < 4.78 is 5.50. The van der Waals surface area contributed by atoms with Gasteiger partial charge in [-0.3, -0.25) is 9.69 Å². The Hall–Kier alpha value is -2.10. The van der Waals surface area contributed by atoms with E-state index < -0.39 is 0 Å². The van der Waals surface area contributed by atoms with E-state index in [4.69, 9.17) is 4.74 Å². The first-order valence-corrected chi connectivity index (χ1v) is 8.22. The van der Waals surface area contributed by atoms with Crippen LogP contribution in [0, 0.1) is 0 Å². The number of nitrogens with zero attached hydrogens (tertiary/aromatic N) is 1. The lowest BCUT2D eigenvalue weighted by atomic mass is 9.89. The summed E-state index contributed by atoms with van der Waals surface area (Å²) in [7, 11) is 0. The van der Waals surface area contributed by atoms with Gasteiger partial charge in [-0.2, -0.15) is 0 Å². The van der Waals surface area contributed by atoms with Gasteiger partial charge in [0, 0.05) is 6.42 Å². The quantitative estimate of drug-likeness (QED) is 0.793. The van der Waals surface area contributed by atoms with Gasteiger partial charge in [0.15, 0.2) is 5.78 Å². The van der Waals surface area contributed by atoms with E-state index in [1.165, 1.54) is 5.56 Å². The molecule has 0 radical (unpaired) electrons. The zero-order chi connectivity index (χ0) is 16.6. The summed E-state index contributed by atoms with van der Waals surface area (Å²) in [5.74, 6) is 0.550. The molecule has 0 N–H and O–H groups in total. The zero-order valence-corrected chi connectivity index (χ0v) is 13.7. The first-order valence-electron chi connectivity index (χ1n) is 8.22. The van der Waals surface area contributed by atoms with E-state index >= 15 is 0 Å². The third-order valence-corrected chi connectivity index (χ3v) is 4.76. The Morgan fingerprint density at radius 3 is 2.52 bits per heavy atom. The molecule has 4 nitrogen and oxygen atoms in total. The fourth-order valence-electron chi connectivity index (χ4n) is 3.29. The van der Waals surface area contributed by atoms with Crippen molar-refractivity contribution in [2.45, 2.75) is 51.2 Å². The molecule has 1 aliphatic carbocycles. The highest BCUT2D eigenvalue weighted by molar-refractivity contribution is 5.90. The van der Waals surface area contributed by atoms with Gasteiger partial charge in [0.2, 0.25) is 0 Å². The molecule has 1 unspecified atom stereocenters. The first-order chi connectivity index (χ1) is 11.0. The van der Waals surface area contributed by atoms with Crippen molar-refractivity contribution < 1.29 is 14.3 Å². The van der Waals surface area contributed by atoms with Gasteiger partial charge in [-0.25, -0.2) is 4.79 Å². The molecule has 0 bridgehead atoms. The number of allylic oxidation sites excluding steroid dienone is 1. The molecular weight excluding hydrogens is 290 g/mol. The third-order valence-electron chi connectivity index (χ3n) is 4.76. The number of carbonyl (C=O) groups excluding carboxylic acids is 2. The van der Waals surface area contributed by atoms with E-state index in [1.54, 1.807) is 4.90 Å². The second kappa shape index (κ2) is 6.19. The minimum Gasteiger partial charge on any atom is -0.439 e. The number of benzene rings is 1. The van der Waals surface area contributed by atoms with Crippen molar-refractivity contribution in [3.8, 4) is 0 Å². The van der Waals surface area contributed by atoms with Crippen LogP contribution < -0.4 is 0 Å². The van der Waals surface area contributed by atoms with Crippen LogP contribution in [0.2, 0.25) is 0 Å². The number of cyclic esters (lactones) is 1. The van der Waals surface area contributed by atoms with Crippen LogP contribution in [0.1, 0.15) is 56.3 Å². The highest BCUT2D eigenvalue weighted by Crippen LogP contribution is 2.32. The van der Waals surface area contributed by atoms with Crippen molar-refractivity contribution in [1.82, 2.24) is 4.90 Å². The average molecular weight is 313 g/mol. The first kappa shape index (κ1) is 15.8. The van der Waals surface area contributed by atoms with Gasteiger partial charge in [-0.1, -0.05) is 50.3 Å². The normalized spacial score (nSPS) is 25.2. The van der Waals surface area contributed by atoms with Crippen LogP contribution in [0.15, 0.2) is 36.4 Å². The number of Topliss-reactive ketones (excluding diaryl/α,β-unsaturated/α-hetero) is 1. The molecule has 0 spiro atoms. The van der Waals surface area contributed by atoms with Gasteiger partial charge >= 0.3 is 6.09 Å². The molecule has 23 heavy (non-hydrogen) atoms. The molecule has 4 heteroatoms. The van der Waals surface area contributed by atoms with E-state index in [2.05, 4.69) is 32.6 Å². The number of amides is 1. The molecule has 2 atom stereocenters. The molecule has 122 valence electrons. The summed E-state index contributed by atoms with van der Waals surface area (Å²) in [4.78, 5) is 26.0. The maximum Gasteiger partial charge on any atom is 0.411 e. The highest BCUT2D eigenvalue weighted by atomic mass is 16.6. The minimum absolute atomic E-state index is 0.0778. The van der Waals surface area contributed by atoms with Crippen LogP contribution in [-0.2, 0) is 9.53 Å². The number of rotatable bonds is 3. The molecule has 1 aromatic rings. The van der Waals surface area contributed by atoms with E-state index in [0.717, 1.165) is 17.6 Å². The SMILES string of the molecule is C=C1CCC(N2C[C@@H](c3ccc(C(C)C)cc3)OC2=O)C(=O)C1. The average Bonchev–Trinajstić information content (AvgIpc) is 2.89. The maximum atomic E-state index is 12.2. The smallest absolute Gasteiger partial charge is 0.411 e. The lowest BCUT2D eigenvalue weighted by Crippen LogP contribution is -2.43. The predicted octanol–water partition coefficient (Wildman–Crippen LogP) is 3.98. The minimum atomic E-state index is -0.381. The second-order valence-electron chi connectivity index (χ2n) is 6.79. The Balaban J connectivity index is 1.72. The predicted molar refractivity (Wildman–Crippen MR) is 88.2 cm³/mol. The van der Waals surface area contributed by atoms with Gasteiger partial charge in [0.1, 0.15) is 6.10 Å². The lowest BCUT2D eigenvalue weighted by molar-refractivity contribution is -0.123. The number of ketones is 1. The number of carbonyl (C=O) groups is 2. The van der Waals surface area contributed by atoms with Crippen LogP contribution in [0.25, 0.3) is 0 Å². The summed E-state index contributed by atoms with van der Waals surface area (Å²) >= 11 is 0. The highest BCUT2D eigenvalue weighted by Gasteiger charge is 2.40. The number of ether oxygens (including phenoxy) is 1. The second-order valence-corrected chi connectivity index (χ2v) is 6.79. The fourth-order valence-corrected chi connectivity index (χ4v) is 3.29. The zero-order valence-electron chi connectivity index (χ0n) is 13.7. The Kier molecular flexibility index (Phi) is 4.24. The number of hydrogen-bond acceptors (Lipinski definition) is 3. The summed E-state index contributed by atoms with van der Waals surface area (Å²) in [6, 6.07) is 7.83. The van der Waals surface area contributed by atoms with Crippen LogP contribution in [0.4, 0.5) is 4.79 Å². The van der Waals surface area contributed by atoms with Crippen molar-refractivity contribution in [3.05, 3.63) is 47.5 Å². The van der Waals surface area contributed by atoms with Crippen LogP contribution >= 0.6 is 0 Å². The standard InChI is InChI=1S/C19H23NO3/c1-12(2)14-5-7-15(8-6-14)18-11-20(19(22)23-18)16-9-4-13(3)10-17(16)21/h5-8,12,16,18H,3-4,9-11H2,1-2H3/t16?,18-/m0/s1. The molecule has 1 heterocycles. The van der Waals surface area contributed by atoms with Gasteiger partial charge < -0.3 is 4.74 Å². The molecule has 1 saturated carbocycles. The van der Waals surface area contributed by atoms with Crippen molar-refractivity contribution in [1.29, 1.82) is 0 Å². The lowest BCUT2D eigenvalue weighted by Gasteiger charge is -2.28.